The molecule has 1 aliphatic rings. The van der Waals surface area contributed by atoms with Gasteiger partial charge in [0.1, 0.15) is 0 Å². The first kappa shape index (κ1) is 14.6. The number of urea groups is 1. The molecule has 0 radical (unpaired) electrons. The van der Waals surface area contributed by atoms with Crippen molar-refractivity contribution in [3.63, 3.8) is 0 Å². The fraction of sp³-hybridized carbons (Fsp3) is 0.545. The number of thioether (sulfide) groups is 1. The summed E-state index contributed by atoms with van der Waals surface area (Å²) in [6, 6.07) is -0.478. The first-order valence-electron chi connectivity index (χ1n) is 5.55. The predicted octanol–water partition coefficient (Wildman–Crippen LogP) is 0.689. The van der Waals surface area contributed by atoms with Crippen LogP contribution in [0.4, 0.5) is 4.79 Å². The average molecular weight is 272 g/mol. The molecule has 2 unspecified atom stereocenters. The molecule has 2 atom stereocenters. The molecule has 2 N–H and O–H groups in total. The Morgan fingerprint density at radius 3 is 2.28 bits per heavy atom. The predicted molar refractivity (Wildman–Crippen MR) is 68.4 cm³/mol. The van der Waals surface area contributed by atoms with Gasteiger partial charge in [-0.2, -0.15) is 11.8 Å². The summed E-state index contributed by atoms with van der Waals surface area (Å²) in [4.78, 5) is 34.8. The van der Waals surface area contributed by atoms with Crippen LogP contribution in [0.5, 0.6) is 0 Å². The van der Waals surface area contributed by atoms with Gasteiger partial charge in [-0.3, -0.25) is 10.1 Å². The fourth-order valence-corrected chi connectivity index (χ4v) is 3.04. The Bertz CT molecular complexity index is 373. The summed E-state index contributed by atoms with van der Waals surface area (Å²) in [5.41, 5.74) is 0. The number of carbonyl (C=O) groups is 3. The molecule has 100 valence electrons. The second-order valence-electron chi connectivity index (χ2n) is 4.13. The lowest BCUT2D eigenvalue weighted by atomic mass is 10.3. The molecule has 0 spiro atoms. The van der Waals surface area contributed by atoms with E-state index in [0.29, 0.717) is 29.7 Å². The Balaban J connectivity index is 2.49. The highest BCUT2D eigenvalue weighted by molar-refractivity contribution is 8.00. The minimum absolute atomic E-state index is 0.323. The molecule has 1 aliphatic heterocycles. The zero-order valence-electron chi connectivity index (χ0n) is 10.3. The Labute approximate surface area is 109 Å². The molecule has 3 amide bonds. The van der Waals surface area contributed by atoms with Crippen molar-refractivity contribution in [1.29, 1.82) is 0 Å². The molecule has 0 aromatic carbocycles. The number of carboxylic acid groups (broad SMARTS) is 1. The van der Waals surface area contributed by atoms with Crippen LogP contribution in [0.15, 0.2) is 12.2 Å². The van der Waals surface area contributed by atoms with Gasteiger partial charge >= 0.3 is 12.0 Å². The highest BCUT2D eigenvalue weighted by Gasteiger charge is 2.26. The Morgan fingerprint density at radius 1 is 1.22 bits per heavy atom. The third kappa shape index (κ3) is 4.79. The SMILES string of the molecule is CC1CN(C(=O)NC(=O)C=CC(=O)O)CC(C)S1. The number of nitrogens with zero attached hydrogens (tertiary/aromatic N) is 1. The first-order valence-corrected chi connectivity index (χ1v) is 6.49. The number of carbonyl (C=O) groups excluding carboxylic acids is 2. The summed E-state index contributed by atoms with van der Waals surface area (Å²) in [6.45, 7) is 5.20. The van der Waals surface area contributed by atoms with E-state index in [-0.39, 0.29) is 0 Å². The van der Waals surface area contributed by atoms with E-state index in [0.717, 1.165) is 6.08 Å². The standard InChI is InChI=1S/C11H16N2O4S/c1-7-5-13(6-8(2)18-7)11(17)12-9(14)3-4-10(15)16/h3-4,7-8H,5-6H2,1-2H3,(H,15,16)(H,12,14,17). The smallest absolute Gasteiger partial charge is 0.328 e. The van der Waals surface area contributed by atoms with E-state index >= 15 is 0 Å². The van der Waals surface area contributed by atoms with E-state index in [4.69, 9.17) is 5.11 Å². The van der Waals surface area contributed by atoms with Gasteiger partial charge in [0.25, 0.3) is 5.91 Å². The van der Waals surface area contributed by atoms with Gasteiger partial charge in [0.15, 0.2) is 0 Å². The number of carboxylic acids is 1. The van der Waals surface area contributed by atoms with Crippen LogP contribution in [0.3, 0.4) is 0 Å². The average Bonchev–Trinajstić information content (AvgIpc) is 2.25. The number of aliphatic carboxylic acids is 1. The molecule has 1 heterocycles. The topological polar surface area (TPSA) is 86.7 Å². The maximum absolute atomic E-state index is 11.7. The molecular formula is C11H16N2O4S. The maximum atomic E-state index is 11.7. The van der Waals surface area contributed by atoms with Crippen molar-refractivity contribution in [2.75, 3.05) is 13.1 Å². The van der Waals surface area contributed by atoms with Gasteiger partial charge in [-0.05, 0) is 0 Å². The second kappa shape index (κ2) is 6.44. The Morgan fingerprint density at radius 2 is 1.78 bits per heavy atom. The number of nitrogens with one attached hydrogen (secondary N) is 1. The van der Waals surface area contributed by atoms with E-state index in [1.54, 1.807) is 16.7 Å². The molecule has 0 bridgehead atoms. The van der Waals surface area contributed by atoms with Crippen LogP contribution in [-0.2, 0) is 9.59 Å². The number of amides is 3. The lowest BCUT2D eigenvalue weighted by molar-refractivity contribution is -0.131. The zero-order valence-corrected chi connectivity index (χ0v) is 11.1. The number of hydrogen-bond acceptors (Lipinski definition) is 4. The lowest BCUT2D eigenvalue weighted by Crippen LogP contribution is -2.49. The second-order valence-corrected chi connectivity index (χ2v) is 6.01. The molecule has 0 aromatic heterocycles. The van der Waals surface area contributed by atoms with E-state index in [2.05, 4.69) is 5.32 Å². The zero-order chi connectivity index (χ0) is 13.7. The maximum Gasteiger partial charge on any atom is 0.328 e. The molecule has 18 heavy (non-hydrogen) atoms. The van der Waals surface area contributed by atoms with Gasteiger partial charge in [0, 0.05) is 35.7 Å². The molecule has 0 aliphatic carbocycles. The van der Waals surface area contributed by atoms with Crippen LogP contribution in [0, 0.1) is 0 Å². The Kier molecular flexibility index (Phi) is 5.21. The Hall–Kier alpha value is -1.50. The van der Waals surface area contributed by atoms with Gasteiger partial charge in [0.2, 0.25) is 0 Å². The highest BCUT2D eigenvalue weighted by atomic mass is 32.2. The van der Waals surface area contributed by atoms with E-state index in [9.17, 15) is 14.4 Å². The van der Waals surface area contributed by atoms with E-state index in [1.807, 2.05) is 13.8 Å². The van der Waals surface area contributed by atoms with Crippen LogP contribution in [0.1, 0.15) is 13.8 Å². The molecule has 6 nitrogen and oxygen atoms in total. The van der Waals surface area contributed by atoms with Gasteiger partial charge < -0.3 is 10.0 Å². The summed E-state index contributed by atoms with van der Waals surface area (Å²) < 4.78 is 0. The summed E-state index contributed by atoms with van der Waals surface area (Å²) in [5.74, 6) is -1.95. The minimum Gasteiger partial charge on any atom is -0.478 e. The van der Waals surface area contributed by atoms with Crippen molar-refractivity contribution in [3.8, 4) is 0 Å². The molecule has 1 saturated heterocycles. The minimum atomic E-state index is -1.23. The third-order valence-electron chi connectivity index (χ3n) is 2.31. The fourth-order valence-electron chi connectivity index (χ4n) is 1.72. The van der Waals surface area contributed by atoms with E-state index in [1.165, 1.54) is 0 Å². The number of rotatable bonds is 2. The molecule has 1 rings (SSSR count). The highest BCUT2D eigenvalue weighted by Crippen LogP contribution is 2.24. The monoisotopic (exact) mass is 272 g/mol. The van der Waals surface area contributed by atoms with Crippen LogP contribution >= 0.6 is 11.8 Å². The molecular weight excluding hydrogens is 256 g/mol. The summed E-state index contributed by atoms with van der Waals surface area (Å²) in [7, 11) is 0. The van der Waals surface area contributed by atoms with Gasteiger partial charge in [0.05, 0.1) is 0 Å². The summed E-state index contributed by atoms with van der Waals surface area (Å²) >= 11 is 1.80. The molecule has 0 aromatic rings. The largest absolute Gasteiger partial charge is 0.478 e. The number of imide groups is 1. The lowest BCUT2D eigenvalue weighted by Gasteiger charge is -2.34. The number of hydrogen-bond donors (Lipinski definition) is 2. The van der Waals surface area contributed by atoms with Crippen molar-refractivity contribution in [1.82, 2.24) is 10.2 Å². The van der Waals surface area contributed by atoms with Crippen LogP contribution in [0.25, 0.3) is 0 Å². The van der Waals surface area contributed by atoms with Crippen molar-refractivity contribution in [2.45, 2.75) is 24.3 Å². The first-order chi connectivity index (χ1) is 8.38. The summed E-state index contributed by atoms with van der Waals surface area (Å²) in [5, 5.41) is 11.1. The third-order valence-corrected chi connectivity index (χ3v) is 3.54. The van der Waals surface area contributed by atoms with Gasteiger partial charge in [-0.25, -0.2) is 9.59 Å². The van der Waals surface area contributed by atoms with Crippen molar-refractivity contribution in [2.24, 2.45) is 0 Å². The van der Waals surface area contributed by atoms with Crippen LogP contribution in [-0.4, -0.2) is 51.5 Å². The van der Waals surface area contributed by atoms with Gasteiger partial charge in [-0.1, -0.05) is 13.8 Å². The van der Waals surface area contributed by atoms with Crippen LogP contribution < -0.4 is 5.32 Å². The normalized spacial score (nSPS) is 24.0. The van der Waals surface area contributed by atoms with E-state index < -0.39 is 17.9 Å². The van der Waals surface area contributed by atoms with Crippen molar-refractivity contribution in [3.05, 3.63) is 12.2 Å². The van der Waals surface area contributed by atoms with Crippen molar-refractivity contribution >= 4 is 29.7 Å². The van der Waals surface area contributed by atoms with Gasteiger partial charge in [-0.15, -0.1) is 0 Å². The van der Waals surface area contributed by atoms with Crippen LogP contribution in [0.2, 0.25) is 0 Å². The molecule has 1 fully saturated rings. The molecule has 7 heteroatoms. The molecule has 0 saturated carbocycles. The summed E-state index contributed by atoms with van der Waals surface area (Å²) in [6.07, 6.45) is 1.52. The quantitative estimate of drug-likeness (QED) is 0.722. The van der Waals surface area contributed by atoms with Crippen molar-refractivity contribution < 1.29 is 19.5 Å².